The van der Waals surface area contributed by atoms with Crippen LogP contribution in [0.3, 0.4) is 0 Å². The molecule has 0 radical (unpaired) electrons. The van der Waals surface area contributed by atoms with Gasteiger partial charge in [0, 0.05) is 6.54 Å². The topological polar surface area (TPSA) is 122 Å². The van der Waals surface area contributed by atoms with Gasteiger partial charge in [-0.25, -0.2) is 5.84 Å². The van der Waals surface area contributed by atoms with Crippen LogP contribution >= 0.6 is 0 Å². The van der Waals surface area contributed by atoms with Crippen molar-refractivity contribution < 1.29 is 14.7 Å². The maximum absolute atomic E-state index is 11.1. The zero-order valence-electron chi connectivity index (χ0n) is 9.49. The molecule has 0 aromatic rings. The van der Waals surface area contributed by atoms with E-state index in [1.807, 2.05) is 19.2 Å². The molecule has 1 rings (SSSR count). The van der Waals surface area contributed by atoms with E-state index in [9.17, 15) is 14.7 Å². The first-order valence-electron chi connectivity index (χ1n) is 5.09. The minimum Gasteiger partial charge on any atom is -0.501 e. The number of nitrogens with zero attached hydrogens (tertiary/aromatic N) is 1. The summed E-state index contributed by atoms with van der Waals surface area (Å²) in [6.45, 7) is 4.72. The Balaban J connectivity index is 0.00000106. The number of amides is 2. The van der Waals surface area contributed by atoms with E-state index in [0.29, 0.717) is 19.5 Å². The van der Waals surface area contributed by atoms with E-state index in [1.165, 1.54) is 0 Å². The second kappa shape index (κ2) is 6.81. The Hall–Kier alpha value is -1.60. The lowest BCUT2D eigenvalue weighted by Gasteiger charge is -2.16. The van der Waals surface area contributed by atoms with Gasteiger partial charge < -0.3 is 15.8 Å². The number of hydrazine groups is 1. The number of hydrogen-bond donors (Lipinski definition) is 4. The van der Waals surface area contributed by atoms with Gasteiger partial charge in [0.05, 0.1) is 0 Å². The first-order valence-corrected chi connectivity index (χ1v) is 5.09. The van der Waals surface area contributed by atoms with Crippen molar-refractivity contribution in [2.45, 2.75) is 20.3 Å². The summed E-state index contributed by atoms with van der Waals surface area (Å²) in [7, 11) is 0. The Morgan fingerprint density at radius 3 is 2.25 bits per heavy atom. The normalized spacial score (nSPS) is 14.5. The molecule has 0 aliphatic carbocycles. The Kier molecular flexibility index (Phi) is 6.12. The van der Waals surface area contributed by atoms with Crippen molar-refractivity contribution in [3.05, 3.63) is 11.5 Å². The van der Waals surface area contributed by atoms with Gasteiger partial charge in [0.25, 0.3) is 11.8 Å². The van der Waals surface area contributed by atoms with E-state index in [4.69, 9.17) is 11.6 Å². The summed E-state index contributed by atoms with van der Waals surface area (Å²) in [4.78, 5) is 21.9. The first-order chi connectivity index (χ1) is 7.57. The Morgan fingerprint density at radius 2 is 1.88 bits per heavy atom. The molecule has 7 nitrogen and oxygen atoms in total. The Labute approximate surface area is 94.0 Å². The molecular formula is C9H18N4O3. The van der Waals surface area contributed by atoms with Gasteiger partial charge in [-0.1, -0.05) is 13.8 Å². The zero-order chi connectivity index (χ0) is 12.7. The van der Waals surface area contributed by atoms with Crippen LogP contribution < -0.4 is 16.9 Å². The maximum atomic E-state index is 11.1. The van der Waals surface area contributed by atoms with Crippen molar-refractivity contribution in [3.8, 4) is 0 Å². The minimum absolute atomic E-state index is 0.205. The molecule has 0 aromatic carbocycles. The molecule has 1 heterocycles. The summed E-state index contributed by atoms with van der Waals surface area (Å²) in [6.07, 6.45) is 0.564. The van der Waals surface area contributed by atoms with E-state index in [-0.39, 0.29) is 5.70 Å². The zero-order valence-corrected chi connectivity index (χ0v) is 9.49. The van der Waals surface area contributed by atoms with Crippen LogP contribution in [0.25, 0.3) is 0 Å². The summed E-state index contributed by atoms with van der Waals surface area (Å²) < 4.78 is 0. The van der Waals surface area contributed by atoms with E-state index in [0.717, 1.165) is 5.01 Å². The van der Waals surface area contributed by atoms with Gasteiger partial charge in [0.15, 0.2) is 5.70 Å². The van der Waals surface area contributed by atoms with Crippen LogP contribution in [0.2, 0.25) is 0 Å². The van der Waals surface area contributed by atoms with Crippen LogP contribution in [-0.2, 0) is 9.59 Å². The number of carbonyl (C=O) groups is 2. The van der Waals surface area contributed by atoms with Gasteiger partial charge in [0.1, 0.15) is 0 Å². The summed E-state index contributed by atoms with van der Waals surface area (Å²) in [5.41, 5.74) is 5.04. The fourth-order valence-electron chi connectivity index (χ4n) is 1.08. The van der Waals surface area contributed by atoms with E-state index >= 15 is 0 Å². The molecular weight excluding hydrogens is 212 g/mol. The van der Waals surface area contributed by atoms with Crippen molar-refractivity contribution in [3.63, 3.8) is 0 Å². The molecule has 1 aliphatic heterocycles. The van der Waals surface area contributed by atoms with Gasteiger partial charge in [-0.15, -0.1) is 0 Å². The largest absolute Gasteiger partial charge is 0.501 e. The predicted molar refractivity (Wildman–Crippen MR) is 58.7 cm³/mol. The lowest BCUT2D eigenvalue weighted by molar-refractivity contribution is -0.125. The second-order valence-electron chi connectivity index (χ2n) is 2.82. The SMILES string of the molecule is CC.NCCCN(N)C1=C(O)C(=O)NC1=O. The van der Waals surface area contributed by atoms with Crippen molar-refractivity contribution in [1.29, 1.82) is 0 Å². The van der Waals surface area contributed by atoms with Crippen molar-refractivity contribution >= 4 is 11.8 Å². The predicted octanol–water partition coefficient (Wildman–Crippen LogP) is -1.04. The number of nitrogens with one attached hydrogen (secondary N) is 1. The molecule has 0 spiro atoms. The number of rotatable bonds is 4. The van der Waals surface area contributed by atoms with Crippen LogP contribution in [-0.4, -0.2) is 35.0 Å². The van der Waals surface area contributed by atoms with E-state index in [1.54, 1.807) is 0 Å². The summed E-state index contributed by atoms with van der Waals surface area (Å²) in [5, 5.41) is 12.1. The first kappa shape index (κ1) is 14.4. The van der Waals surface area contributed by atoms with Gasteiger partial charge in [-0.05, 0) is 13.0 Å². The van der Waals surface area contributed by atoms with Gasteiger partial charge in [0.2, 0.25) is 5.76 Å². The molecule has 0 unspecified atom stereocenters. The average molecular weight is 230 g/mol. The lowest BCUT2D eigenvalue weighted by atomic mass is 10.3. The summed E-state index contributed by atoms with van der Waals surface area (Å²) in [6, 6.07) is 0. The molecule has 16 heavy (non-hydrogen) atoms. The van der Waals surface area contributed by atoms with Gasteiger partial charge in [-0.2, -0.15) is 0 Å². The third kappa shape index (κ3) is 3.21. The number of aliphatic hydroxyl groups excluding tert-OH is 1. The number of imide groups is 1. The van der Waals surface area contributed by atoms with Crippen LogP contribution in [0.4, 0.5) is 0 Å². The number of carbonyl (C=O) groups excluding carboxylic acids is 2. The lowest BCUT2D eigenvalue weighted by Crippen LogP contribution is -2.37. The number of hydrogen-bond acceptors (Lipinski definition) is 6. The molecule has 6 N–H and O–H groups in total. The van der Waals surface area contributed by atoms with Crippen molar-refractivity contribution in [2.75, 3.05) is 13.1 Å². The number of aliphatic hydroxyl groups is 1. The number of nitrogens with two attached hydrogens (primary N) is 2. The van der Waals surface area contributed by atoms with Crippen LogP contribution in [0.15, 0.2) is 11.5 Å². The van der Waals surface area contributed by atoms with E-state index < -0.39 is 17.6 Å². The molecule has 0 saturated carbocycles. The summed E-state index contributed by atoms with van der Waals surface area (Å²) in [5.74, 6) is 3.30. The molecule has 0 bridgehead atoms. The highest BCUT2D eigenvalue weighted by Gasteiger charge is 2.32. The van der Waals surface area contributed by atoms with E-state index in [2.05, 4.69) is 0 Å². The highest BCUT2D eigenvalue weighted by atomic mass is 16.3. The minimum atomic E-state index is -0.826. The van der Waals surface area contributed by atoms with Crippen LogP contribution in [0, 0.1) is 0 Å². The Morgan fingerprint density at radius 1 is 1.31 bits per heavy atom. The fraction of sp³-hybridized carbons (Fsp3) is 0.556. The molecule has 0 aromatic heterocycles. The molecule has 2 amide bonds. The highest BCUT2D eigenvalue weighted by Crippen LogP contribution is 2.11. The molecule has 0 fully saturated rings. The maximum Gasteiger partial charge on any atom is 0.295 e. The molecule has 92 valence electrons. The quantitative estimate of drug-likeness (QED) is 0.278. The summed E-state index contributed by atoms with van der Waals surface area (Å²) >= 11 is 0. The fourth-order valence-corrected chi connectivity index (χ4v) is 1.08. The van der Waals surface area contributed by atoms with Crippen molar-refractivity contribution in [2.24, 2.45) is 11.6 Å². The van der Waals surface area contributed by atoms with Crippen LogP contribution in [0.1, 0.15) is 20.3 Å². The highest BCUT2D eigenvalue weighted by molar-refractivity contribution is 6.17. The monoisotopic (exact) mass is 230 g/mol. The molecule has 0 atom stereocenters. The molecule has 1 aliphatic rings. The standard InChI is InChI=1S/C7H12N4O3.C2H6/c8-2-1-3-11(9)4-5(12)7(14)10-6(4)13;1-2/h1-3,8-9H2,(H2,10,12,13,14);1-2H3. The Bertz CT molecular complexity index is 301. The third-order valence-electron chi connectivity index (χ3n) is 1.77. The third-order valence-corrected chi connectivity index (χ3v) is 1.77. The smallest absolute Gasteiger partial charge is 0.295 e. The molecule has 0 saturated heterocycles. The molecule has 7 heteroatoms. The average Bonchev–Trinajstić information content (AvgIpc) is 2.53. The van der Waals surface area contributed by atoms with Crippen molar-refractivity contribution in [1.82, 2.24) is 10.3 Å². The van der Waals surface area contributed by atoms with Gasteiger partial charge in [-0.3, -0.25) is 14.9 Å². The second-order valence-corrected chi connectivity index (χ2v) is 2.82. The van der Waals surface area contributed by atoms with Gasteiger partial charge >= 0.3 is 0 Å². The van der Waals surface area contributed by atoms with Crippen LogP contribution in [0.5, 0.6) is 0 Å².